The van der Waals surface area contributed by atoms with E-state index in [1.165, 1.54) is 17.8 Å². The highest BCUT2D eigenvalue weighted by molar-refractivity contribution is 8.18. The first kappa shape index (κ1) is 19.2. The van der Waals surface area contributed by atoms with Gasteiger partial charge in [0.05, 0.1) is 11.5 Å². The van der Waals surface area contributed by atoms with Crippen LogP contribution in [0.2, 0.25) is 0 Å². The predicted octanol–water partition coefficient (Wildman–Crippen LogP) is 5.24. The molecule has 1 aliphatic heterocycles. The molecule has 0 aromatic heterocycles. The normalized spacial score (nSPS) is 17.1. The standard InChI is InChI=1S/C21H21FN2O2S/c1-3-13-26-16-11-9-15(10-12-16)14-19-20(25)24(4-2)21(27-19)23-18-8-6-5-7-17(18)22/h5-12,14H,3-4,13H2,1-2H3/b19-14+,23-21?. The summed E-state index contributed by atoms with van der Waals surface area (Å²) in [6.07, 6.45) is 2.77. The third-order valence-electron chi connectivity index (χ3n) is 3.92. The monoisotopic (exact) mass is 384 g/mol. The zero-order chi connectivity index (χ0) is 19.2. The molecule has 2 aromatic carbocycles. The number of amides is 1. The molecule has 0 N–H and O–H groups in total. The van der Waals surface area contributed by atoms with Crippen LogP contribution in [0.1, 0.15) is 25.8 Å². The highest BCUT2D eigenvalue weighted by Crippen LogP contribution is 2.34. The van der Waals surface area contributed by atoms with Crippen LogP contribution in [0.4, 0.5) is 10.1 Å². The first-order chi connectivity index (χ1) is 13.1. The van der Waals surface area contributed by atoms with E-state index in [0.717, 1.165) is 17.7 Å². The fraction of sp³-hybridized carbons (Fsp3) is 0.238. The molecular weight excluding hydrogens is 363 g/mol. The number of likely N-dealkylation sites (N-methyl/N-ethyl adjacent to an activating group) is 1. The van der Waals surface area contributed by atoms with E-state index in [0.29, 0.717) is 23.2 Å². The van der Waals surface area contributed by atoms with Gasteiger partial charge in [-0.15, -0.1) is 0 Å². The molecule has 0 radical (unpaired) electrons. The van der Waals surface area contributed by atoms with Crippen molar-refractivity contribution < 1.29 is 13.9 Å². The average molecular weight is 384 g/mol. The van der Waals surface area contributed by atoms with E-state index in [9.17, 15) is 9.18 Å². The number of carbonyl (C=O) groups is 1. The lowest BCUT2D eigenvalue weighted by Crippen LogP contribution is -2.28. The smallest absolute Gasteiger partial charge is 0.266 e. The number of rotatable bonds is 6. The lowest BCUT2D eigenvalue weighted by atomic mass is 10.2. The molecule has 0 atom stereocenters. The van der Waals surface area contributed by atoms with Gasteiger partial charge in [0, 0.05) is 6.54 Å². The lowest BCUT2D eigenvalue weighted by molar-refractivity contribution is -0.122. The Hall–Kier alpha value is -2.60. The van der Waals surface area contributed by atoms with E-state index >= 15 is 0 Å². The van der Waals surface area contributed by atoms with Crippen LogP contribution in [0, 0.1) is 5.82 Å². The van der Waals surface area contributed by atoms with E-state index in [1.807, 2.05) is 37.3 Å². The summed E-state index contributed by atoms with van der Waals surface area (Å²) in [6.45, 7) is 5.08. The van der Waals surface area contributed by atoms with Gasteiger partial charge in [0.1, 0.15) is 17.3 Å². The number of para-hydroxylation sites is 1. The van der Waals surface area contributed by atoms with Gasteiger partial charge in [0.25, 0.3) is 5.91 Å². The van der Waals surface area contributed by atoms with Gasteiger partial charge in [-0.25, -0.2) is 9.38 Å². The van der Waals surface area contributed by atoms with Crippen molar-refractivity contribution in [3.05, 3.63) is 64.8 Å². The Kier molecular flexibility index (Phi) is 6.29. The van der Waals surface area contributed by atoms with Crippen LogP contribution < -0.4 is 4.74 Å². The van der Waals surface area contributed by atoms with Crippen LogP contribution in [-0.2, 0) is 4.79 Å². The zero-order valence-corrected chi connectivity index (χ0v) is 16.1. The summed E-state index contributed by atoms with van der Waals surface area (Å²) in [5, 5.41) is 0.488. The fourth-order valence-electron chi connectivity index (χ4n) is 2.55. The van der Waals surface area contributed by atoms with Gasteiger partial charge < -0.3 is 4.74 Å². The second-order valence-corrected chi connectivity index (χ2v) is 6.93. The molecule has 1 saturated heterocycles. The Bertz CT molecular complexity index is 878. The van der Waals surface area contributed by atoms with Crippen molar-refractivity contribution in [3.8, 4) is 5.75 Å². The quantitative estimate of drug-likeness (QED) is 0.640. The van der Waals surface area contributed by atoms with Crippen molar-refractivity contribution >= 4 is 34.6 Å². The highest BCUT2D eigenvalue weighted by Gasteiger charge is 2.32. The largest absolute Gasteiger partial charge is 0.494 e. The summed E-state index contributed by atoms with van der Waals surface area (Å²) in [5.41, 5.74) is 1.13. The van der Waals surface area contributed by atoms with Crippen molar-refractivity contribution in [1.82, 2.24) is 4.90 Å². The molecule has 140 valence electrons. The van der Waals surface area contributed by atoms with Crippen molar-refractivity contribution in [2.75, 3.05) is 13.2 Å². The van der Waals surface area contributed by atoms with Crippen LogP contribution in [0.15, 0.2) is 58.4 Å². The minimum atomic E-state index is -0.408. The topological polar surface area (TPSA) is 41.9 Å². The van der Waals surface area contributed by atoms with Gasteiger partial charge >= 0.3 is 0 Å². The molecule has 1 amide bonds. The Morgan fingerprint density at radius 3 is 2.56 bits per heavy atom. The van der Waals surface area contributed by atoms with Crippen LogP contribution in [0.25, 0.3) is 6.08 Å². The third kappa shape index (κ3) is 4.57. The maximum Gasteiger partial charge on any atom is 0.266 e. The molecule has 0 spiro atoms. The number of benzene rings is 2. The zero-order valence-electron chi connectivity index (χ0n) is 15.3. The minimum Gasteiger partial charge on any atom is -0.494 e. The molecular formula is C21H21FN2O2S. The van der Waals surface area contributed by atoms with E-state index in [4.69, 9.17) is 4.74 Å². The summed E-state index contributed by atoms with van der Waals surface area (Å²) in [5.74, 6) is 0.277. The molecule has 0 saturated carbocycles. The lowest BCUT2D eigenvalue weighted by Gasteiger charge is -2.12. The van der Waals surface area contributed by atoms with E-state index in [-0.39, 0.29) is 11.6 Å². The number of amidine groups is 1. The van der Waals surface area contributed by atoms with Crippen molar-refractivity contribution in [1.29, 1.82) is 0 Å². The van der Waals surface area contributed by atoms with Gasteiger partial charge in [0.2, 0.25) is 0 Å². The van der Waals surface area contributed by atoms with Crippen molar-refractivity contribution in [2.24, 2.45) is 4.99 Å². The predicted molar refractivity (Wildman–Crippen MR) is 109 cm³/mol. The van der Waals surface area contributed by atoms with Crippen molar-refractivity contribution in [3.63, 3.8) is 0 Å². The number of carbonyl (C=O) groups excluding carboxylic acids is 1. The van der Waals surface area contributed by atoms with Crippen LogP contribution >= 0.6 is 11.8 Å². The Labute approximate surface area is 162 Å². The molecule has 1 aliphatic rings. The van der Waals surface area contributed by atoms with Crippen LogP contribution in [0.3, 0.4) is 0 Å². The van der Waals surface area contributed by atoms with Crippen LogP contribution in [0.5, 0.6) is 5.75 Å². The van der Waals surface area contributed by atoms with Crippen molar-refractivity contribution in [2.45, 2.75) is 20.3 Å². The van der Waals surface area contributed by atoms with Gasteiger partial charge in [0.15, 0.2) is 5.17 Å². The number of nitrogens with zero attached hydrogens (tertiary/aromatic N) is 2. The van der Waals surface area contributed by atoms with Gasteiger partial charge in [-0.3, -0.25) is 9.69 Å². The third-order valence-corrected chi connectivity index (χ3v) is 4.93. The van der Waals surface area contributed by atoms with E-state index < -0.39 is 5.82 Å². The minimum absolute atomic E-state index is 0.121. The summed E-state index contributed by atoms with van der Waals surface area (Å²) in [6, 6.07) is 13.9. The summed E-state index contributed by atoms with van der Waals surface area (Å²) in [4.78, 5) is 19.1. The molecule has 4 nitrogen and oxygen atoms in total. The SMILES string of the molecule is CCCOc1ccc(/C=C2/SC(=Nc3ccccc3F)N(CC)C2=O)cc1. The summed E-state index contributed by atoms with van der Waals surface area (Å²) < 4.78 is 19.5. The molecule has 6 heteroatoms. The number of hydrogen-bond acceptors (Lipinski definition) is 4. The molecule has 1 fully saturated rings. The maximum atomic E-state index is 13.9. The number of aliphatic imine (C=N–C) groups is 1. The molecule has 0 unspecified atom stereocenters. The molecule has 0 bridgehead atoms. The first-order valence-electron chi connectivity index (χ1n) is 8.90. The Morgan fingerprint density at radius 1 is 1.15 bits per heavy atom. The summed E-state index contributed by atoms with van der Waals surface area (Å²) in [7, 11) is 0. The maximum absolute atomic E-state index is 13.9. The average Bonchev–Trinajstić information content (AvgIpc) is 2.97. The Balaban J connectivity index is 1.83. The van der Waals surface area contributed by atoms with Gasteiger partial charge in [-0.1, -0.05) is 31.2 Å². The van der Waals surface area contributed by atoms with Gasteiger partial charge in [-0.05, 0) is 61.0 Å². The summed E-state index contributed by atoms with van der Waals surface area (Å²) >= 11 is 1.26. The van der Waals surface area contributed by atoms with Crippen LogP contribution in [-0.4, -0.2) is 29.1 Å². The molecule has 0 aliphatic carbocycles. The fourth-order valence-corrected chi connectivity index (χ4v) is 3.60. The van der Waals surface area contributed by atoms with Gasteiger partial charge in [-0.2, -0.15) is 0 Å². The number of thioether (sulfide) groups is 1. The first-order valence-corrected chi connectivity index (χ1v) is 9.71. The number of ether oxygens (including phenoxy) is 1. The second-order valence-electron chi connectivity index (χ2n) is 5.92. The van der Waals surface area contributed by atoms with E-state index in [2.05, 4.69) is 11.9 Å². The Morgan fingerprint density at radius 2 is 1.89 bits per heavy atom. The number of halogens is 1. The molecule has 2 aromatic rings. The molecule has 3 rings (SSSR count). The number of hydrogen-bond donors (Lipinski definition) is 0. The molecule has 27 heavy (non-hydrogen) atoms. The molecule has 1 heterocycles. The van der Waals surface area contributed by atoms with E-state index in [1.54, 1.807) is 23.1 Å². The highest BCUT2D eigenvalue weighted by atomic mass is 32.2. The second kappa shape index (κ2) is 8.86.